The Hall–Kier alpha value is -0.640. The number of nitrogens with one attached hydrogen (secondary N) is 1. The van der Waals surface area contributed by atoms with Gasteiger partial charge in [-0.05, 0) is 18.8 Å². The lowest BCUT2D eigenvalue weighted by Gasteiger charge is -2.25. The van der Waals surface area contributed by atoms with E-state index >= 15 is 0 Å². The molecular formula is C14H27FN2O. The van der Waals surface area contributed by atoms with Crippen LogP contribution in [0.5, 0.6) is 0 Å². The second kappa shape index (κ2) is 7.07. The van der Waals surface area contributed by atoms with Gasteiger partial charge < -0.3 is 10.2 Å². The van der Waals surface area contributed by atoms with Crippen molar-refractivity contribution in [2.75, 3.05) is 19.6 Å². The maximum absolute atomic E-state index is 13.1. The standard InChI is InChI=1S/C14H27FN2O/c1-10(2)13(16-14(18)11(3)4)6-8-17-7-5-12(15)9-17/h10-13H,5-9H2,1-4H3,(H,16,18)/t12-,13-/m0/s1. The average molecular weight is 258 g/mol. The summed E-state index contributed by atoms with van der Waals surface area (Å²) in [6.07, 6.45) is 0.904. The van der Waals surface area contributed by atoms with Gasteiger partial charge in [0, 0.05) is 31.6 Å². The van der Waals surface area contributed by atoms with E-state index < -0.39 is 6.17 Å². The fraction of sp³-hybridized carbons (Fsp3) is 0.929. The van der Waals surface area contributed by atoms with E-state index in [2.05, 4.69) is 24.1 Å². The van der Waals surface area contributed by atoms with E-state index in [-0.39, 0.29) is 17.9 Å². The second-order valence-corrected chi connectivity index (χ2v) is 5.99. The van der Waals surface area contributed by atoms with Crippen LogP contribution in [0.15, 0.2) is 0 Å². The molecule has 0 unspecified atom stereocenters. The van der Waals surface area contributed by atoms with Crippen LogP contribution < -0.4 is 5.32 Å². The van der Waals surface area contributed by atoms with Gasteiger partial charge in [0.2, 0.25) is 5.91 Å². The number of hydrogen-bond donors (Lipinski definition) is 1. The lowest BCUT2D eigenvalue weighted by molar-refractivity contribution is -0.125. The lowest BCUT2D eigenvalue weighted by atomic mass is 9.99. The summed E-state index contributed by atoms with van der Waals surface area (Å²) in [5, 5.41) is 3.09. The van der Waals surface area contributed by atoms with Crippen molar-refractivity contribution in [3.8, 4) is 0 Å². The summed E-state index contributed by atoms with van der Waals surface area (Å²) in [4.78, 5) is 13.9. The van der Waals surface area contributed by atoms with Gasteiger partial charge in [-0.15, -0.1) is 0 Å². The smallest absolute Gasteiger partial charge is 0.222 e. The zero-order chi connectivity index (χ0) is 13.7. The number of rotatable bonds is 6. The fourth-order valence-electron chi connectivity index (χ4n) is 2.23. The summed E-state index contributed by atoms with van der Waals surface area (Å²) in [6.45, 7) is 10.3. The number of likely N-dealkylation sites (tertiary alicyclic amines) is 1. The van der Waals surface area contributed by atoms with Crippen molar-refractivity contribution in [3.05, 3.63) is 0 Å². The predicted octanol–water partition coefficient (Wildman–Crippen LogP) is 2.22. The van der Waals surface area contributed by atoms with E-state index in [9.17, 15) is 9.18 Å². The van der Waals surface area contributed by atoms with Gasteiger partial charge in [0.05, 0.1) is 0 Å². The molecule has 1 rings (SSSR count). The fourth-order valence-corrected chi connectivity index (χ4v) is 2.23. The summed E-state index contributed by atoms with van der Waals surface area (Å²) in [7, 11) is 0. The minimum absolute atomic E-state index is 0.0215. The number of alkyl halides is 1. The topological polar surface area (TPSA) is 32.3 Å². The third-order valence-electron chi connectivity index (χ3n) is 3.63. The van der Waals surface area contributed by atoms with Crippen LogP contribution in [0, 0.1) is 11.8 Å². The summed E-state index contributed by atoms with van der Waals surface area (Å²) in [5.74, 6) is 0.545. The molecule has 1 N–H and O–H groups in total. The van der Waals surface area contributed by atoms with Gasteiger partial charge in [0.25, 0.3) is 0 Å². The molecule has 1 saturated heterocycles. The Morgan fingerprint density at radius 3 is 2.50 bits per heavy atom. The van der Waals surface area contributed by atoms with Crippen LogP contribution in [-0.4, -0.2) is 42.7 Å². The minimum Gasteiger partial charge on any atom is -0.353 e. The van der Waals surface area contributed by atoms with Gasteiger partial charge in [-0.1, -0.05) is 27.7 Å². The molecule has 2 atom stereocenters. The zero-order valence-corrected chi connectivity index (χ0v) is 12.1. The quantitative estimate of drug-likeness (QED) is 0.792. The molecule has 0 bridgehead atoms. The van der Waals surface area contributed by atoms with Crippen LogP contribution in [0.4, 0.5) is 4.39 Å². The van der Waals surface area contributed by atoms with Crippen molar-refractivity contribution in [2.45, 2.75) is 52.8 Å². The largest absolute Gasteiger partial charge is 0.353 e. The molecule has 0 radical (unpaired) electrons. The number of nitrogens with zero attached hydrogens (tertiary/aromatic N) is 1. The molecule has 1 aliphatic rings. The summed E-state index contributed by atoms with van der Waals surface area (Å²) in [6, 6.07) is 0.193. The molecule has 3 nitrogen and oxygen atoms in total. The first-order valence-corrected chi connectivity index (χ1v) is 7.07. The zero-order valence-electron chi connectivity index (χ0n) is 12.1. The van der Waals surface area contributed by atoms with Crippen LogP contribution in [-0.2, 0) is 4.79 Å². The Bertz CT molecular complexity index is 269. The first-order valence-electron chi connectivity index (χ1n) is 7.07. The lowest BCUT2D eigenvalue weighted by Crippen LogP contribution is -2.42. The molecule has 1 amide bonds. The van der Waals surface area contributed by atoms with E-state index in [0.717, 1.165) is 19.5 Å². The van der Waals surface area contributed by atoms with Gasteiger partial charge in [0.15, 0.2) is 0 Å². The number of amides is 1. The van der Waals surface area contributed by atoms with Crippen molar-refractivity contribution in [3.63, 3.8) is 0 Å². The van der Waals surface area contributed by atoms with Crippen molar-refractivity contribution in [1.82, 2.24) is 10.2 Å². The van der Waals surface area contributed by atoms with E-state index in [1.165, 1.54) is 0 Å². The molecule has 18 heavy (non-hydrogen) atoms. The number of carbonyl (C=O) groups is 1. The molecule has 1 fully saturated rings. The van der Waals surface area contributed by atoms with E-state index in [1.807, 2.05) is 13.8 Å². The third kappa shape index (κ3) is 4.92. The highest BCUT2D eigenvalue weighted by molar-refractivity contribution is 5.78. The van der Waals surface area contributed by atoms with Crippen LogP contribution in [0.1, 0.15) is 40.5 Å². The minimum atomic E-state index is -0.659. The average Bonchev–Trinajstić information content (AvgIpc) is 2.69. The van der Waals surface area contributed by atoms with E-state index in [1.54, 1.807) is 0 Å². The summed E-state index contributed by atoms with van der Waals surface area (Å²) in [5.41, 5.74) is 0. The normalized spacial score (nSPS) is 22.7. The summed E-state index contributed by atoms with van der Waals surface area (Å²) < 4.78 is 13.1. The van der Waals surface area contributed by atoms with Crippen LogP contribution in [0.2, 0.25) is 0 Å². The monoisotopic (exact) mass is 258 g/mol. The molecule has 0 aromatic carbocycles. The Balaban J connectivity index is 2.36. The number of halogens is 1. The van der Waals surface area contributed by atoms with Gasteiger partial charge in [-0.2, -0.15) is 0 Å². The van der Waals surface area contributed by atoms with E-state index in [4.69, 9.17) is 0 Å². The maximum atomic E-state index is 13.1. The number of carbonyl (C=O) groups excluding carboxylic acids is 1. The molecule has 1 aliphatic heterocycles. The highest BCUT2D eigenvalue weighted by Crippen LogP contribution is 2.15. The van der Waals surface area contributed by atoms with Gasteiger partial charge >= 0.3 is 0 Å². The second-order valence-electron chi connectivity index (χ2n) is 5.99. The Morgan fingerprint density at radius 1 is 1.39 bits per heavy atom. The molecular weight excluding hydrogens is 231 g/mol. The van der Waals surface area contributed by atoms with Gasteiger partial charge in [-0.25, -0.2) is 4.39 Å². The van der Waals surface area contributed by atoms with Crippen molar-refractivity contribution in [1.29, 1.82) is 0 Å². The molecule has 1 heterocycles. The van der Waals surface area contributed by atoms with Crippen LogP contribution in [0.3, 0.4) is 0 Å². The van der Waals surface area contributed by atoms with E-state index in [0.29, 0.717) is 18.9 Å². The highest BCUT2D eigenvalue weighted by Gasteiger charge is 2.24. The van der Waals surface area contributed by atoms with Crippen LogP contribution in [0.25, 0.3) is 0 Å². The first-order chi connectivity index (χ1) is 8.40. The van der Waals surface area contributed by atoms with Gasteiger partial charge in [-0.3, -0.25) is 4.79 Å². The van der Waals surface area contributed by atoms with Crippen molar-refractivity contribution >= 4 is 5.91 Å². The third-order valence-corrected chi connectivity index (χ3v) is 3.63. The van der Waals surface area contributed by atoms with Gasteiger partial charge in [0.1, 0.15) is 6.17 Å². The van der Waals surface area contributed by atoms with Crippen LogP contribution >= 0.6 is 0 Å². The Morgan fingerprint density at radius 2 is 2.06 bits per heavy atom. The molecule has 0 saturated carbocycles. The number of hydrogen-bond acceptors (Lipinski definition) is 2. The van der Waals surface area contributed by atoms with Crippen molar-refractivity contribution < 1.29 is 9.18 Å². The molecule has 0 aromatic rings. The molecule has 0 spiro atoms. The predicted molar refractivity (Wildman–Crippen MR) is 72.2 cm³/mol. The summed E-state index contributed by atoms with van der Waals surface area (Å²) >= 11 is 0. The molecule has 106 valence electrons. The molecule has 0 aromatic heterocycles. The highest BCUT2D eigenvalue weighted by atomic mass is 19.1. The maximum Gasteiger partial charge on any atom is 0.222 e. The van der Waals surface area contributed by atoms with Crippen molar-refractivity contribution in [2.24, 2.45) is 11.8 Å². The first kappa shape index (κ1) is 15.4. The Labute approximate surface area is 110 Å². The SMILES string of the molecule is CC(C)C(=O)N[C@@H](CCN1CC[C@H](F)C1)C(C)C. The molecule has 0 aliphatic carbocycles. The molecule has 4 heteroatoms. The Kier molecular flexibility index (Phi) is 6.06.